The van der Waals surface area contributed by atoms with Crippen LogP contribution in [-0.2, 0) is 4.18 Å². The molecule has 64 valence electrons. The number of carbonyl (C=O) groups excluding carboxylic acids is 1. The first-order valence-electron chi connectivity index (χ1n) is 2.82. The predicted octanol–water partition coefficient (Wildman–Crippen LogP) is 2.39. The van der Waals surface area contributed by atoms with Gasteiger partial charge in [0, 0.05) is 19.1 Å². The number of pyridine rings is 1. The number of halogens is 2. The zero-order chi connectivity index (χ0) is 9.14. The van der Waals surface area contributed by atoms with Crippen LogP contribution in [0, 0.1) is 0 Å². The molecule has 0 unspecified atom stereocenters. The Labute approximate surface area is 84.3 Å². The second-order valence-electron chi connectivity index (χ2n) is 1.87. The zero-order valence-corrected chi connectivity index (χ0v) is 8.03. The molecule has 0 saturated heterocycles. The molecule has 3 nitrogen and oxygen atoms in total. The van der Waals surface area contributed by atoms with E-state index in [1.165, 1.54) is 12.3 Å². The van der Waals surface area contributed by atoms with Crippen molar-refractivity contribution in [2.45, 2.75) is 0 Å². The lowest BCUT2D eigenvalue weighted by molar-refractivity contribution is 0.0772. The molecule has 0 bridgehead atoms. The molecule has 0 N–H and O–H groups in total. The van der Waals surface area contributed by atoms with Gasteiger partial charge in [-0.25, -0.2) is 9.78 Å². The summed E-state index contributed by atoms with van der Waals surface area (Å²) in [6, 6.07) is 1.35. The maximum Gasteiger partial charge on any atom is 0.353 e. The molecule has 1 heterocycles. The number of aromatic nitrogens is 1. The van der Waals surface area contributed by atoms with E-state index in [1.807, 2.05) is 0 Å². The number of hydrogen-bond donors (Lipinski definition) is 1. The van der Waals surface area contributed by atoms with Crippen molar-refractivity contribution in [1.82, 2.24) is 4.98 Å². The van der Waals surface area contributed by atoms with Gasteiger partial charge in [0.1, 0.15) is 5.15 Å². The van der Waals surface area contributed by atoms with Crippen molar-refractivity contribution < 1.29 is 8.98 Å². The minimum atomic E-state index is -0.660. The van der Waals surface area contributed by atoms with Crippen LogP contribution in [0.15, 0.2) is 12.3 Å². The summed E-state index contributed by atoms with van der Waals surface area (Å²) in [5.74, 6) is -0.660. The van der Waals surface area contributed by atoms with Crippen LogP contribution < -0.4 is 0 Å². The minimum absolute atomic E-state index is 0.135. The van der Waals surface area contributed by atoms with Gasteiger partial charge in [-0.15, -0.1) is 0 Å². The van der Waals surface area contributed by atoms with Gasteiger partial charge in [-0.1, -0.05) is 23.2 Å². The van der Waals surface area contributed by atoms with Crippen molar-refractivity contribution in [2.24, 2.45) is 0 Å². The van der Waals surface area contributed by atoms with Crippen LogP contribution in [0.2, 0.25) is 10.2 Å². The molecule has 0 spiro atoms. The van der Waals surface area contributed by atoms with Gasteiger partial charge in [0.25, 0.3) is 0 Å². The number of hydrogen-bond acceptors (Lipinski definition) is 4. The van der Waals surface area contributed by atoms with Gasteiger partial charge in [0.15, 0.2) is 0 Å². The van der Waals surface area contributed by atoms with Crippen molar-refractivity contribution in [3.05, 3.63) is 28.0 Å². The van der Waals surface area contributed by atoms with E-state index in [4.69, 9.17) is 23.2 Å². The normalized spacial score (nSPS) is 9.58. The fourth-order valence-corrected chi connectivity index (χ4v) is 1.15. The Balaban J connectivity index is 3.09. The molecule has 0 aliphatic heterocycles. The van der Waals surface area contributed by atoms with E-state index in [0.717, 1.165) is 0 Å². The molecular formula is C6H3Cl2NO2S. The summed E-state index contributed by atoms with van der Waals surface area (Å²) in [5.41, 5.74) is 0.135. The molecular weight excluding hydrogens is 221 g/mol. The van der Waals surface area contributed by atoms with Crippen molar-refractivity contribution >= 4 is 42.1 Å². The summed E-state index contributed by atoms with van der Waals surface area (Å²) in [6.07, 6.45) is 1.23. The van der Waals surface area contributed by atoms with Crippen LogP contribution in [0.5, 0.6) is 0 Å². The number of nitrogens with zero attached hydrogens (tertiary/aromatic N) is 1. The average Bonchev–Trinajstić information content (AvgIpc) is 2.03. The monoisotopic (exact) mass is 223 g/mol. The fourth-order valence-electron chi connectivity index (χ4n) is 0.607. The van der Waals surface area contributed by atoms with E-state index in [-0.39, 0.29) is 15.7 Å². The number of rotatable bonds is 1. The molecule has 0 fully saturated rings. The molecule has 0 atom stereocenters. The first-order chi connectivity index (χ1) is 5.65. The highest BCUT2D eigenvalue weighted by Crippen LogP contribution is 2.19. The third-order valence-electron chi connectivity index (χ3n) is 1.12. The molecule has 1 rings (SSSR count). The molecule has 0 aliphatic carbocycles. The summed E-state index contributed by atoms with van der Waals surface area (Å²) >= 11 is 14.5. The second-order valence-corrected chi connectivity index (χ2v) is 2.84. The molecule has 0 radical (unpaired) electrons. The number of carbonyl (C=O) groups is 1. The van der Waals surface area contributed by atoms with E-state index >= 15 is 0 Å². The van der Waals surface area contributed by atoms with Gasteiger partial charge in [0.05, 0.1) is 10.6 Å². The van der Waals surface area contributed by atoms with Crippen LogP contribution in [0.1, 0.15) is 10.4 Å². The Hall–Kier alpha value is -0.450. The summed E-state index contributed by atoms with van der Waals surface area (Å²) in [5, 5.41) is 0.407. The Morgan fingerprint density at radius 3 is 2.75 bits per heavy atom. The first kappa shape index (κ1) is 9.64. The Kier molecular flexibility index (Phi) is 3.20. The maximum atomic E-state index is 10.9. The third kappa shape index (κ3) is 2.03. The Morgan fingerprint density at radius 2 is 2.25 bits per heavy atom. The minimum Gasteiger partial charge on any atom is -0.391 e. The molecule has 12 heavy (non-hydrogen) atoms. The zero-order valence-electron chi connectivity index (χ0n) is 5.62. The maximum absolute atomic E-state index is 10.9. The van der Waals surface area contributed by atoms with Crippen LogP contribution in [-0.4, -0.2) is 11.0 Å². The van der Waals surface area contributed by atoms with Gasteiger partial charge >= 0.3 is 5.97 Å². The van der Waals surface area contributed by atoms with Gasteiger partial charge in [-0.3, -0.25) is 0 Å². The highest BCUT2D eigenvalue weighted by atomic mass is 35.5. The average molecular weight is 224 g/mol. The summed E-state index contributed by atoms with van der Waals surface area (Å²) in [4.78, 5) is 14.5. The number of thiol groups is 1. The van der Waals surface area contributed by atoms with E-state index in [9.17, 15) is 4.79 Å². The summed E-state index contributed by atoms with van der Waals surface area (Å²) in [6.45, 7) is 0. The largest absolute Gasteiger partial charge is 0.391 e. The van der Waals surface area contributed by atoms with Crippen molar-refractivity contribution in [1.29, 1.82) is 0 Å². The Bertz CT molecular complexity index is 318. The van der Waals surface area contributed by atoms with Crippen molar-refractivity contribution in [2.75, 3.05) is 0 Å². The molecule has 1 aromatic rings. The quantitative estimate of drug-likeness (QED) is 0.452. The van der Waals surface area contributed by atoms with Crippen molar-refractivity contribution in [3.63, 3.8) is 0 Å². The van der Waals surface area contributed by atoms with Crippen LogP contribution in [0.3, 0.4) is 0 Å². The van der Waals surface area contributed by atoms with E-state index in [2.05, 4.69) is 22.1 Å². The molecule has 0 saturated carbocycles. The first-order valence-corrected chi connectivity index (χ1v) is 3.94. The SMILES string of the molecule is O=C(OS)c1cnc(Cl)cc1Cl. The molecule has 1 aromatic heterocycles. The lowest BCUT2D eigenvalue weighted by Gasteiger charge is -1.99. The molecule has 0 aliphatic rings. The van der Waals surface area contributed by atoms with Crippen molar-refractivity contribution in [3.8, 4) is 0 Å². The standard InChI is InChI=1S/C6H3Cl2NO2S/c7-4-1-5(8)9-2-3(4)6(10)11-12/h1-2,12H. The summed E-state index contributed by atoms with van der Waals surface area (Å²) in [7, 11) is 0. The third-order valence-corrected chi connectivity index (χ3v) is 1.81. The van der Waals surface area contributed by atoms with E-state index < -0.39 is 5.97 Å². The lowest BCUT2D eigenvalue weighted by Crippen LogP contribution is -1.99. The van der Waals surface area contributed by atoms with Gasteiger partial charge in [-0.2, -0.15) is 0 Å². The lowest BCUT2D eigenvalue weighted by atomic mass is 10.3. The second kappa shape index (κ2) is 3.98. The molecule has 0 amide bonds. The highest BCUT2D eigenvalue weighted by molar-refractivity contribution is 7.75. The van der Waals surface area contributed by atoms with Crippen LogP contribution >= 0.6 is 36.1 Å². The topological polar surface area (TPSA) is 39.2 Å². The van der Waals surface area contributed by atoms with Gasteiger partial charge in [0.2, 0.25) is 0 Å². The van der Waals surface area contributed by atoms with Crippen LogP contribution in [0.4, 0.5) is 0 Å². The predicted molar refractivity (Wildman–Crippen MR) is 48.7 cm³/mol. The smallest absolute Gasteiger partial charge is 0.353 e. The highest BCUT2D eigenvalue weighted by Gasteiger charge is 2.11. The molecule has 0 aromatic carbocycles. The molecule has 6 heteroatoms. The Morgan fingerprint density at radius 1 is 1.58 bits per heavy atom. The van der Waals surface area contributed by atoms with E-state index in [1.54, 1.807) is 0 Å². The van der Waals surface area contributed by atoms with Crippen LogP contribution in [0.25, 0.3) is 0 Å². The van der Waals surface area contributed by atoms with Gasteiger partial charge < -0.3 is 4.18 Å². The summed E-state index contributed by atoms with van der Waals surface area (Å²) < 4.78 is 4.14. The van der Waals surface area contributed by atoms with E-state index in [0.29, 0.717) is 0 Å². The fraction of sp³-hybridized carbons (Fsp3) is 0. The van der Waals surface area contributed by atoms with Gasteiger partial charge in [-0.05, 0) is 6.07 Å².